The number of non-ortho nitro benzene ring substituents is 1. The van der Waals surface area contributed by atoms with Gasteiger partial charge in [0.25, 0.3) is 16.8 Å². The lowest BCUT2D eigenvalue weighted by Gasteiger charge is -2.13. The van der Waals surface area contributed by atoms with Gasteiger partial charge in [0.2, 0.25) is 0 Å². The number of amides is 2. The van der Waals surface area contributed by atoms with Crippen LogP contribution in [0.2, 0.25) is 5.02 Å². The molecule has 0 bridgehead atoms. The Balaban J connectivity index is 1.58. The molecule has 36 heavy (non-hydrogen) atoms. The fourth-order valence-electron chi connectivity index (χ4n) is 3.17. The first-order chi connectivity index (χ1) is 17.0. The molecule has 0 N–H and O–H groups in total. The first-order valence-corrected chi connectivity index (χ1v) is 12.6. The zero-order valence-corrected chi connectivity index (χ0v) is 20.3. The quantitative estimate of drug-likeness (QED) is 0.166. The van der Waals surface area contributed by atoms with E-state index in [0.29, 0.717) is 17.3 Å². The predicted molar refractivity (Wildman–Crippen MR) is 130 cm³/mol. The molecule has 0 atom stereocenters. The van der Waals surface area contributed by atoms with Crippen LogP contribution in [0.4, 0.5) is 14.9 Å². The van der Waals surface area contributed by atoms with Crippen molar-refractivity contribution in [3.63, 3.8) is 0 Å². The van der Waals surface area contributed by atoms with Crippen LogP contribution < -0.4 is 4.18 Å². The van der Waals surface area contributed by atoms with Crippen molar-refractivity contribution in [1.82, 2.24) is 4.90 Å². The lowest BCUT2D eigenvalue weighted by molar-refractivity contribution is -0.384. The highest BCUT2D eigenvalue weighted by Gasteiger charge is 2.35. The van der Waals surface area contributed by atoms with E-state index >= 15 is 0 Å². The van der Waals surface area contributed by atoms with Crippen molar-refractivity contribution in [1.29, 1.82) is 0 Å². The van der Waals surface area contributed by atoms with E-state index in [0.717, 1.165) is 41.3 Å². The van der Waals surface area contributed by atoms with Crippen LogP contribution >= 0.6 is 23.4 Å². The Morgan fingerprint density at radius 3 is 2.44 bits per heavy atom. The summed E-state index contributed by atoms with van der Waals surface area (Å²) in [6.07, 6.45) is 1.32. The summed E-state index contributed by atoms with van der Waals surface area (Å²) in [5, 5.41) is 10.3. The topological polar surface area (TPSA) is 124 Å². The maximum absolute atomic E-state index is 13.3. The van der Waals surface area contributed by atoms with Crippen molar-refractivity contribution in [3.05, 3.63) is 104 Å². The Hall–Kier alpha value is -3.74. The summed E-state index contributed by atoms with van der Waals surface area (Å²) in [5.41, 5.74) is 0.292. The molecule has 9 nitrogen and oxygen atoms in total. The molecule has 0 aromatic heterocycles. The summed E-state index contributed by atoms with van der Waals surface area (Å²) < 4.78 is 44.0. The van der Waals surface area contributed by atoms with E-state index in [1.807, 2.05) is 0 Å². The van der Waals surface area contributed by atoms with Crippen molar-refractivity contribution in [2.45, 2.75) is 11.4 Å². The second kappa shape index (κ2) is 10.1. The van der Waals surface area contributed by atoms with Crippen LogP contribution in [0.25, 0.3) is 6.08 Å². The number of rotatable bonds is 7. The molecule has 1 fully saturated rings. The van der Waals surface area contributed by atoms with Gasteiger partial charge in [-0.05, 0) is 53.7 Å². The number of hydrogen-bond acceptors (Lipinski definition) is 8. The molecule has 184 valence electrons. The van der Waals surface area contributed by atoms with Crippen molar-refractivity contribution in [2.75, 3.05) is 0 Å². The molecule has 0 spiro atoms. The third kappa shape index (κ3) is 5.40. The van der Waals surface area contributed by atoms with Crippen molar-refractivity contribution >= 4 is 56.4 Å². The van der Waals surface area contributed by atoms with Gasteiger partial charge in [-0.3, -0.25) is 24.6 Å². The van der Waals surface area contributed by atoms with Crippen LogP contribution in [0, 0.1) is 15.9 Å². The van der Waals surface area contributed by atoms with E-state index in [4.69, 9.17) is 15.8 Å². The number of hydrogen-bond donors (Lipinski definition) is 0. The van der Waals surface area contributed by atoms with Crippen LogP contribution in [0.3, 0.4) is 0 Å². The average molecular weight is 549 g/mol. The number of carbonyl (C=O) groups is 2. The smallest absolute Gasteiger partial charge is 0.339 e. The Morgan fingerprint density at radius 2 is 1.78 bits per heavy atom. The molecule has 2 amide bonds. The number of halogens is 2. The van der Waals surface area contributed by atoms with Gasteiger partial charge >= 0.3 is 10.1 Å². The van der Waals surface area contributed by atoms with Crippen LogP contribution in [0.15, 0.2) is 76.5 Å². The Morgan fingerprint density at radius 1 is 1.08 bits per heavy atom. The summed E-state index contributed by atoms with van der Waals surface area (Å²) in [6, 6.07) is 13.7. The summed E-state index contributed by atoms with van der Waals surface area (Å²) in [4.78, 5) is 36.2. The number of carbonyl (C=O) groups excluding carboxylic acids is 2. The Bertz CT molecular complexity index is 1530. The second-order valence-corrected chi connectivity index (χ2v) is 10.3. The summed E-state index contributed by atoms with van der Waals surface area (Å²) >= 11 is 6.65. The number of imide groups is 1. The van der Waals surface area contributed by atoms with Crippen LogP contribution in [-0.4, -0.2) is 29.4 Å². The highest BCUT2D eigenvalue weighted by molar-refractivity contribution is 8.18. The highest BCUT2D eigenvalue weighted by Crippen LogP contribution is 2.36. The van der Waals surface area contributed by atoms with Gasteiger partial charge in [-0.2, -0.15) is 8.42 Å². The maximum Gasteiger partial charge on any atom is 0.339 e. The minimum absolute atomic E-state index is 0.0158. The van der Waals surface area contributed by atoms with Gasteiger partial charge in [0.15, 0.2) is 0 Å². The van der Waals surface area contributed by atoms with E-state index in [1.54, 1.807) is 6.07 Å². The molecule has 0 saturated carbocycles. The fourth-order valence-corrected chi connectivity index (χ4v) is 5.18. The SMILES string of the molecule is O=C1S/C(=C\c2ccccc2OS(=O)(=O)c2ccc([N+](=O)[O-])cc2)C(=O)N1Cc1ccc(F)cc1Cl. The van der Waals surface area contributed by atoms with Crippen molar-refractivity contribution < 1.29 is 31.5 Å². The van der Waals surface area contributed by atoms with Gasteiger partial charge in [-0.1, -0.05) is 35.9 Å². The molecular formula is C23H14ClFN2O7S2. The van der Waals surface area contributed by atoms with E-state index < -0.39 is 32.0 Å². The molecule has 1 heterocycles. The summed E-state index contributed by atoms with van der Waals surface area (Å²) in [6.45, 7) is -0.173. The molecule has 0 unspecified atom stereocenters. The molecule has 3 aromatic carbocycles. The first-order valence-electron chi connectivity index (χ1n) is 10.0. The van der Waals surface area contributed by atoms with E-state index in [1.165, 1.54) is 30.3 Å². The lowest BCUT2D eigenvalue weighted by Crippen LogP contribution is -2.27. The van der Waals surface area contributed by atoms with Gasteiger partial charge in [0, 0.05) is 22.7 Å². The van der Waals surface area contributed by atoms with Gasteiger partial charge in [-0.15, -0.1) is 0 Å². The van der Waals surface area contributed by atoms with Crippen LogP contribution in [-0.2, 0) is 21.5 Å². The van der Waals surface area contributed by atoms with Gasteiger partial charge in [-0.25, -0.2) is 4.39 Å². The number of nitro benzene ring substituents is 1. The summed E-state index contributed by atoms with van der Waals surface area (Å²) in [7, 11) is -4.36. The highest BCUT2D eigenvalue weighted by atomic mass is 35.5. The van der Waals surface area contributed by atoms with Gasteiger partial charge in [0.1, 0.15) is 16.5 Å². The van der Waals surface area contributed by atoms with Gasteiger partial charge in [0.05, 0.1) is 16.4 Å². The normalized spacial score (nSPS) is 14.9. The van der Waals surface area contributed by atoms with Crippen LogP contribution in [0.1, 0.15) is 11.1 Å². The third-order valence-corrected chi connectivity index (χ3v) is 7.47. The monoisotopic (exact) mass is 548 g/mol. The Kier molecular flexibility index (Phi) is 7.11. The minimum atomic E-state index is -4.36. The lowest BCUT2D eigenvalue weighted by atomic mass is 10.1. The van der Waals surface area contributed by atoms with E-state index in [9.17, 15) is 32.5 Å². The molecule has 1 aliphatic rings. The van der Waals surface area contributed by atoms with Gasteiger partial charge < -0.3 is 4.18 Å². The molecule has 13 heteroatoms. The van der Waals surface area contributed by atoms with Crippen LogP contribution in [0.5, 0.6) is 5.75 Å². The number of para-hydroxylation sites is 1. The summed E-state index contributed by atoms with van der Waals surface area (Å²) in [5.74, 6) is -1.32. The predicted octanol–water partition coefficient (Wildman–Crippen LogP) is 5.39. The van der Waals surface area contributed by atoms with E-state index in [2.05, 4.69) is 0 Å². The zero-order chi connectivity index (χ0) is 26.0. The third-order valence-electron chi connectivity index (χ3n) is 4.96. The van der Waals surface area contributed by atoms with Crippen molar-refractivity contribution in [2.24, 2.45) is 0 Å². The maximum atomic E-state index is 13.3. The standard InChI is InChI=1S/C23H14ClFN2O7S2/c24-19-12-16(25)6-5-15(19)13-26-22(28)21(35-23(26)29)11-14-3-1-2-4-20(14)34-36(32,33)18-9-7-17(8-10-18)27(30)31/h1-12H,13H2/b21-11-. The largest absolute Gasteiger partial charge is 0.378 e. The first kappa shape index (κ1) is 25.4. The second-order valence-electron chi connectivity index (χ2n) is 7.33. The number of benzene rings is 3. The van der Waals surface area contributed by atoms with E-state index in [-0.39, 0.29) is 38.4 Å². The molecule has 1 saturated heterocycles. The molecule has 0 radical (unpaired) electrons. The average Bonchev–Trinajstić information content (AvgIpc) is 3.09. The molecule has 0 aliphatic carbocycles. The molecule has 1 aliphatic heterocycles. The fraction of sp³-hybridized carbons (Fsp3) is 0.0435. The van der Waals surface area contributed by atoms with Crippen molar-refractivity contribution in [3.8, 4) is 5.75 Å². The zero-order valence-electron chi connectivity index (χ0n) is 18.0. The molecular weight excluding hydrogens is 535 g/mol. The molecule has 4 rings (SSSR count). The number of nitrogens with zero attached hydrogens (tertiary/aromatic N) is 2. The number of thioether (sulfide) groups is 1. The molecule has 3 aromatic rings. The number of nitro groups is 1. The minimum Gasteiger partial charge on any atom is -0.378 e. The Labute approximate surface area is 213 Å².